The minimum absolute atomic E-state index is 0.0155. The third kappa shape index (κ3) is 4.04. The van der Waals surface area contributed by atoms with Crippen LogP contribution in [0.3, 0.4) is 0 Å². The Balaban J connectivity index is 1.94. The summed E-state index contributed by atoms with van der Waals surface area (Å²) in [5.41, 5.74) is 0.416. The Morgan fingerprint density at radius 2 is 2.00 bits per heavy atom. The van der Waals surface area contributed by atoms with E-state index in [1.54, 1.807) is 18.2 Å². The molecule has 2 rings (SSSR count). The van der Waals surface area contributed by atoms with Crippen LogP contribution in [0.25, 0.3) is 0 Å². The van der Waals surface area contributed by atoms with Gasteiger partial charge in [0.05, 0.1) is 6.42 Å². The summed E-state index contributed by atoms with van der Waals surface area (Å²) in [6.07, 6.45) is 5.22. The number of carbonyl (C=O) groups excluding carboxylic acids is 1. The SMILES string of the molecule is O=C(Cc1ccccc1F)NC1CCCCCC1CO. The van der Waals surface area contributed by atoms with E-state index in [-0.39, 0.29) is 36.7 Å². The highest BCUT2D eigenvalue weighted by Gasteiger charge is 2.24. The fourth-order valence-electron chi connectivity index (χ4n) is 2.87. The van der Waals surface area contributed by atoms with E-state index >= 15 is 0 Å². The normalized spacial score (nSPS) is 23.1. The van der Waals surface area contributed by atoms with E-state index < -0.39 is 0 Å². The van der Waals surface area contributed by atoms with Crippen LogP contribution in [-0.2, 0) is 11.2 Å². The molecule has 2 atom stereocenters. The highest BCUT2D eigenvalue weighted by atomic mass is 19.1. The van der Waals surface area contributed by atoms with Gasteiger partial charge in [0.15, 0.2) is 0 Å². The smallest absolute Gasteiger partial charge is 0.224 e. The number of aliphatic hydroxyl groups excluding tert-OH is 1. The van der Waals surface area contributed by atoms with E-state index in [0.29, 0.717) is 5.56 Å². The maximum atomic E-state index is 13.5. The maximum Gasteiger partial charge on any atom is 0.224 e. The lowest BCUT2D eigenvalue weighted by molar-refractivity contribution is -0.121. The van der Waals surface area contributed by atoms with Crippen LogP contribution in [0.4, 0.5) is 4.39 Å². The van der Waals surface area contributed by atoms with Crippen LogP contribution in [0.5, 0.6) is 0 Å². The van der Waals surface area contributed by atoms with Crippen molar-refractivity contribution in [2.24, 2.45) is 5.92 Å². The number of halogens is 1. The van der Waals surface area contributed by atoms with Gasteiger partial charge in [-0.3, -0.25) is 4.79 Å². The summed E-state index contributed by atoms with van der Waals surface area (Å²) in [4.78, 5) is 12.0. The van der Waals surface area contributed by atoms with Gasteiger partial charge >= 0.3 is 0 Å². The van der Waals surface area contributed by atoms with Crippen LogP contribution in [0.1, 0.15) is 37.7 Å². The number of carbonyl (C=O) groups is 1. The highest BCUT2D eigenvalue weighted by molar-refractivity contribution is 5.78. The molecule has 0 aromatic heterocycles. The molecule has 1 aliphatic carbocycles. The predicted octanol–water partition coefficient (Wildman–Crippen LogP) is 2.43. The van der Waals surface area contributed by atoms with Crippen molar-refractivity contribution in [3.05, 3.63) is 35.6 Å². The molecular formula is C16H22FNO2. The van der Waals surface area contributed by atoms with Crippen molar-refractivity contribution in [2.75, 3.05) is 6.61 Å². The lowest BCUT2D eigenvalue weighted by Crippen LogP contribution is -2.41. The fraction of sp³-hybridized carbons (Fsp3) is 0.562. The molecule has 1 aromatic rings. The molecule has 1 fully saturated rings. The summed E-state index contributed by atoms with van der Waals surface area (Å²) in [5.74, 6) is -0.384. The summed E-state index contributed by atoms with van der Waals surface area (Å²) < 4.78 is 13.5. The monoisotopic (exact) mass is 279 g/mol. The second kappa shape index (κ2) is 7.39. The van der Waals surface area contributed by atoms with Crippen molar-refractivity contribution < 1.29 is 14.3 Å². The van der Waals surface area contributed by atoms with Gasteiger partial charge in [-0.05, 0) is 24.5 Å². The Hall–Kier alpha value is -1.42. The van der Waals surface area contributed by atoms with Gasteiger partial charge in [-0.1, -0.05) is 37.5 Å². The van der Waals surface area contributed by atoms with Gasteiger partial charge in [-0.2, -0.15) is 0 Å². The first-order chi connectivity index (χ1) is 9.70. The Labute approximate surface area is 119 Å². The van der Waals surface area contributed by atoms with Crippen LogP contribution in [0.2, 0.25) is 0 Å². The van der Waals surface area contributed by atoms with Crippen LogP contribution < -0.4 is 5.32 Å². The molecule has 0 aliphatic heterocycles. The molecule has 0 radical (unpaired) electrons. The van der Waals surface area contributed by atoms with Crippen LogP contribution in [-0.4, -0.2) is 23.7 Å². The molecule has 2 unspecified atom stereocenters. The lowest BCUT2D eigenvalue weighted by Gasteiger charge is -2.24. The van der Waals surface area contributed by atoms with E-state index in [2.05, 4.69) is 5.32 Å². The van der Waals surface area contributed by atoms with Crippen LogP contribution in [0.15, 0.2) is 24.3 Å². The van der Waals surface area contributed by atoms with Crippen molar-refractivity contribution in [1.82, 2.24) is 5.32 Å². The largest absolute Gasteiger partial charge is 0.396 e. The van der Waals surface area contributed by atoms with E-state index in [1.165, 1.54) is 6.07 Å². The van der Waals surface area contributed by atoms with Crippen molar-refractivity contribution in [2.45, 2.75) is 44.6 Å². The van der Waals surface area contributed by atoms with Crippen LogP contribution in [0, 0.1) is 11.7 Å². The third-order valence-corrected chi connectivity index (χ3v) is 4.05. The molecule has 1 amide bonds. The third-order valence-electron chi connectivity index (χ3n) is 4.05. The fourth-order valence-corrected chi connectivity index (χ4v) is 2.87. The second-order valence-corrected chi connectivity index (χ2v) is 5.52. The van der Waals surface area contributed by atoms with Gasteiger partial charge in [-0.25, -0.2) is 4.39 Å². The number of hydrogen-bond donors (Lipinski definition) is 2. The number of hydrogen-bond acceptors (Lipinski definition) is 2. The summed E-state index contributed by atoms with van der Waals surface area (Å²) in [6.45, 7) is 0.102. The molecule has 0 saturated heterocycles. The zero-order valence-electron chi connectivity index (χ0n) is 11.6. The molecule has 110 valence electrons. The Morgan fingerprint density at radius 1 is 1.25 bits per heavy atom. The minimum Gasteiger partial charge on any atom is -0.396 e. The molecule has 3 nitrogen and oxygen atoms in total. The van der Waals surface area contributed by atoms with Gasteiger partial charge < -0.3 is 10.4 Å². The molecular weight excluding hydrogens is 257 g/mol. The van der Waals surface area contributed by atoms with Crippen molar-refractivity contribution >= 4 is 5.91 Å². The Morgan fingerprint density at radius 3 is 2.75 bits per heavy atom. The van der Waals surface area contributed by atoms with E-state index in [1.807, 2.05) is 0 Å². The number of amides is 1. The quantitative estimate of drug-likeness (QED) is 0.832. The average Bonchev–Trinajstić information content (AvgIpc) is 2.66. The molecule has 0 bridgehead atoms. The number of nitrogens with one attached hydrogen (secondary N) is 1. The first kappa shape index (κ1) is 15.0. The summed E-state index contributed by atoms with van der Waals surface area (Å²) in [5, 5.41) is 12.4. The summed E-state index contributed by atoms with van der Waals surface area (Å²) in [6, 6.07) is 6.36. The molecule has 20 heavy (non-hydrogen) atoms. The zero-order valence-corrected chi connectivity index (χ0v) is 11.6. The Bertz CT molecular complexity index is 450. The molecule has 1 saturated carbocycles. The zero-order chi connectivity index (χ0) is 14.4. The molecule has 1 aliphatic rings. The van der Waals surface area contributed by atoms with Gasteiger partial charge in [0, 0.05) is 18.6 Å². The van der Waals surface area contributed by atoms with Gasteiger partial charge in [0.1, 0.15) is 5.82 Å². The summed E-state index contributed by atoms with van der Waals surface area (Å²) >= 11 is 0. The van der Waals surface area contributed by atoms with Crippen molar-refractivity contribution in [3.8, 4) is 0 Å². The van der Waals surface area contributed by atoms with Gasteiger partial charge in [0.2, 0.25) is 5.91 Å². The molecule has 0 spiro atoms. The molecule has 1 aromatic carbocycles. The average molecular weight is 279 g/mol. The van der Waals surface area contributed by atoms with Gasteiger partial charge in [-0.15, -0.1) is 0 Å². The second-order valence-electron chi connectivity index (χ2n) is 5.52. The van der Waals surface area contributed by atoms with E-state index in [4.69, 9.17) is 0 Å². The minimum atomic E-state index is -0.345. The van der Waals surface area contributed by atoms with Crippen molar-refractivity contribution in [1.29, 1.82) is 0 Å². The number of rotatable bonds is 4. The molecule has 4 heteroatoms. The molecule has 0 heterocycles. The number of aliphatic hydroxyl groups is 1. The van der Waals surface area contributed by atoms with E-state index in [0.717, 1.165) is 32.1 Å². The topological polar surface area (TPSA) is 49.3 Å². The molecule has 2 N–H and O–H groups in total. The standard InChI is InChI=1S/C16H22FNO2/c17-14-8-5-4-6-12(14)10-16(20)18-15-9-3-1-2-7-13(15)11-19/h4-6,8,13,15,19H,1-3,7,9-11H2,(H,18,20). The van der Waals surface area contributed by atoms with Crippen LogP contribution >= 0.6 is 0 Å². The lowest BCUT2D eigenvalue weighted by atomic mass is 9.95. The highest BCUT2D eigenvalue weighted by Crippen LogP contribution is 2.23. The summed E-state index contributed by atoms with van der Waals surface area (Å²) in [7, 11) is 0. The predicted molar refractivity (Wildman–Crippen MR) is 75.7 cm³/mol. The van der Waals surface area contributed by atoms with E-state index in [9.17, 15) is 14.3 Å². The van der Waals surface area contributed by atoms with Crippen molar-refractivity contribution in [3.63, 3.8) is 0 Å². The maximum absolute atomic E-state index is 13.5. The number of benzene rings is 1. The first-order valence-corrected chi connectivity index (χ1v) is 7.34. The van der Waals surface area contributed by atoms with Gasteiger partial charge in [0.25, 0.3) is 0 Å². The Kier molecular flexibility index (Phi) is 5.53. The first-order valence-electron chi connectivity index (χ1n) is 7.34.